The van der Waals surface area contributed by atoms with Gasteiger partial charge in [0.2, 0.25) is 0 Å². The molecule has 17 heavy (non-hydrogen) atoms. The third kappa shape index (κ3) is 2.39. The Morgan fingerprint density at radius 2 is 1.88 bits per heavy atom. The van der Waals surface area contributed by atoms with Crippen LogP contribution in [0.15, 0.2) is 41.4 Å². The third-order valence-corrected chi connectivity index (χ3v) is 3.62. The van der Waals surface area contributed by atoms with Crippen molar-refractivity contribution in [1.82, 2.24) is 9.78 Å². The highest BCUT2D eigenvalue weighted by molar-refractivity contribution is 7.92. The molecule has 1 aromatic heterocycles. The van der Waals surface area contributed by atoms with Gasteiger partial charge in [0, 0.05) is 18.8 Å². The summed E-state index contributed by atoms with van der Waals surface area (Å²) in [6.07, 6.45) is 1.51. The van der Waals surface area contributed by atoms with Gasteiger partial charge in [-0.3, -0.25) is 9.40 Å². The van der Waals surface area contributed by atoms with E-state index in [1.807, 2.05) is 0 Å². The summed E-state index contributed by atoms with van der Waals surface area (Å²) in [6, 6.07) is 7.56. The zero-order chi connectivity index (χ0) is 12.5. The van der Waals surface area contributed by atoms with Crippen molar-refractivity contribution in [3.05, 3.63) is 36.5 Å². The van der Waals surface area contributed by atoms with E-state index in [1.54, 1.807) is 13.1 Å². The van der Waals surface area contributed by atoms with E-state index >= 15 is 0 Å². The van der Waals surface area contributed by atoms with E-state index < -0.39 is 10.0 Å². The van der Waals surface area contributed by atoms with E-state index in [1.165, 1.54) is 35.1 Å². The molecule has 0 aliphatic carbocycles. The van der Waals surface area contributed by atoms with Gasteiger partial charge in [-0.2, -0.15) is 5.10 Å². The van der Waals surface area contributed by atoms with Gasteiger partial charge >= 0.3 is 0 Å². The molecule has 0 atom stereocenters. The number of aryl methyl sites for hydroxylation is 1. The maximum Gasteiger partial charge on any atom is 0.263 e. The number of aromatic nitrogens is 2. The first-order chi connectivity index (χ1) is 7.99. The lowest BCUT2D eigenvalue weighted by Crippen LogP contribution is -2.15. The lowest BCUT2D eigenvalue weighted by molar-refractivity contribution is 0.600. The molecule has 2 rings (SSSR count). The molecule has 0 radical (unpaired) electrons. The zero-order valence-corrected chi connectivity index (χ0v) is 9.98. The van der Waals surface area contributed by atoms with Crippen molar-refractivity contribution in [2.45, 2.75) is 4.90 Å². The lowest BCUT2D eigenvalue weighted by Gasteiger charge is -2.07. The molecular formula is C10H12N4O2S. The number of sulfonamides is 1. The second-order valence-electron chi connectivity index (χ2n) is 3.51. The predicted octanol–water partition coefficient (Wildman–Crippen LogP) is 0.803. The minimum absolute atomic E-state index is 0.160. The Morgan fingerprint density at radius 3 is 2.41 bits per heavy atom. The summed E-state index contributed by atoms with van der Waals surface area (Å²) in [5.74, 6) is 0.404. The second kappa shape index (κ2) is 4.10. The first-order valence-electron chi connectivity index (χ1n) is 4.85. The number of nitrogen functional groups attached to an aromatic ring is 1. The van der Waals surface area contributed by atoms with Crippen LogP contribution in [0, 0.1) is 0 Å². The Balaban J connectivity index is 2.31. The van der Waals surface area contributed by atoms with Crippen LogP contribution in [0.3, 0.4) is 0 Å². The topological polar surface area (TPSA) is 90.0 Å². The fraction of sp³-hybridized carbons (Fsp3) is 0.100. The molecule has 2 aromatic rings. The summed E-state index contributed by atoms with van der Waals surface area (Å²) in [4.78, 5) is 0.160. The molecule has 1 heterocycles. The van der Waals surface area contributed by atoms with Gasteiger partial charge in [0.25, 0.3) is 10.0 Å². The normalized spacial score (nSPS) is 11.4. The molecule has 0 spiro atoms. The number of hydrogen-bond donors (Lipinski definition) is 2. The Labute approximate surface area is 99.1 Å². The van der Waals surface area contributed by atoms with Gasteiger partial charge in [0.15, 0.2) is 0 Å². The molecule has 0 amide bonds. The number of nitrogens with zero attached hydrogens (tertiary/aromatic N) is 2. The van der Waals surface area contributed by atoms with Gasteiger partial charge < -0.3 is 5.73 Å². The average molecular weight is 252 g/mol. The van der Waals surface area contributed by atoms with E-state index in [2.05, 4.69) is 9.82 Å². The zero-order valence-electron chi connectivity index (χ0n) is 9.16. The molecule has 0 fully saturated rings. The van der Waals surface area contributed by atoms with Crippen molar-refractivity contribution in [2.24, 2.45) is 7.05 Å². The first-order valence-corrected chi connectivity index (χ1v) is 6.34. The molecule has 6 nitrogen and oxygen atoms in total. The summed E-state index contributed by atoms with van der Waals surface area (Å²) in [7, 11) is -1.94. The van der Waals surface area contributed by atoms with Crippen LogP contribution in [0.4, 0.5) is 11.5 Å². The Morgan fingerprint density at radius 1 is 1.24 bits per heavy atom. The quantitative estimate of drug-likeness (QED) is 0.791. The molecule has 7 heteroatoms. The molecule has 90 valence electrons. The van der Waals surface area contributed by atoms with Crippen LogP contribution in [-0.4, -0.2) is 18.2 Å². The molecule has 0 aliphatic heterocycles. The van der Waals surface area contributed by atoms with Gasteiger partial charge in [0.05, 0.1) is 11.1 Å². The number of nitrogens with one attached hydrogen (secondary N) is 1. The van der Waals surface area contributed by atoms with Crippen LogP contribution in [0.1, 0.15) is 0 Å². The minimum Gasteiger partial charge on any atom is -0.399 e. The third-order valence-electron chi connectivity index (χ3n) is 2.25. The number of rotatable bonds is 3. The largest absolute Gasteiger partial charge is 0.399 e. The number of anilines is 2. The fourth-order valence-electron chi connectivity index (χ4n) is 1.32. The molecule has 0 unspecified atom stereocenters. The van der Waals surface area contributed by atoms with Gasteiger partial charge in [-0.05, 0) is 24.3 Å². The highest BCUT2D eigenvalue weighted by Crippen LogP contribution is 2.16. The summed E-state index contributed by atoms with van der Waals surface area (Å²) in [5.41, 5.74) is 6.02. The Kier molecular flexibility index (Phi) is 2.76. The summed E-state index contributed by atoms with van der Waals surface area (Å²) in [6.45, 7) is 0. The molecule has 0 bridgehead atoms. The van der Waals surface area contributed by atoms with Crippen LogP contribution < -0.4 is 10.5 Å². The smallest absolute Gasteiger partial charge is 0.263 e. The van der Waals surface area contributed by atoms with Crippen LogP contribution in [-0.2, 0) is 17.1 Å². The fourth-order valence-corrected chi connectivity index (χ4v) is 2.41. The van der Waals surface area contributed by atoms with Crippen LogP contribution in [0.5, 0.6) is 0 Å². The SMILES string of the molecule is Cn1nccc1NS(=O)(=O)c1ccc(N)cc1. The second-order valence-corrected chi connectivity index (χ2v) is 5.20. The first kappa shape index (κ1) is 11.5. The van der Waals surface area contributed by atoms with Gasteiger partial charge in [0.1, 0.15) is 5.82 Å². The highest BCUT2D eigenvalue weighted by atomic mass is 32.2. The van der Waals surface area contributed by atoms with Crippen LogP contribution in [0.2, 0.25) is 0 Å². The number of hydrogen-bond acceptors (Lipinski definition) is 4. The number of nitrogens with two attached hydrogens (primary N) is 1. The minimum atomic E-state index is -3.59. The van der Waals surface area contributed by atoms with Crippen LogP contribution >= 0.6 is 0 Å². The van der Waals surface area contributed by atoms with E-state index in [9.17, 15) is 8.42 Å². The molecule has 0 saturated carbocycles. The summed E-state index contributed by atoms with van der Waals surface area (Å²) >= 11 is 0. The van der Waals surface area contributed by atoms with Crippen molar-refractivity contribution < 1.29 is 8.42 Å². The molecule has 0 aliphatic rings. The van der Waals surface area contributed by atoms with Crippen molar-refractivity contribution in [3.63, 3.8) is 0 Å². The van der Waals surface area contributed by atoms with Crippen molar-refractivity contribution in [3.8, 4) is 0 Å². The highest BCUT2D eigenvalue weighted by Gasteiger charge is 2.15. The van der Waals surface area contributed by atoms with Crippen molar-refractivity contribution >= 4 is 21.5 Å². The predicted molar refractivity (Wildman–Crippen MR) is 64.9 cm³/mol. The van der Waals surface area contributed by atoms with Crippen LogP contribution in [0.25, 0.3) is 0 Å². The van der Waals surface area contributed by atoms with Gasteiger partial charge in [-0.1, -0.05) is 0 Å². The Bertz CT molecular complexity index is 616. The van der Waals surface area contributed by atoms with Crippen molar-refractivity contribution in [2.75, 3.05) is 10.5 Å². The lowest BCUT2D eigenvalue weighted by atomic mass is 10.3. The van der Waals surface area contributed by atoms with Gasteiger partial charge in [-0.25, -0.2) is 8.42 Å². The standard InChI is InChI=1S/C10H12N4O2S/c1-14-10(6-7-12-14)13-17(15,16)9-4-2-8(11)3-5-9/h2-7,13H,11H2,1H3. The van der Waals surface area contributed by atoms with E-state index in [0.717, 1.165) is 0 Å². The maximum atomic E-state index is 12.0. The summed E-state index contributed by atoms with van der Waals surface area (Å²) < 4.78 is 27.8. The monoisotopic (exact) mass is 252 g/mol. The molecular weight excluding hydrogens is 240 g/mol. The maximum absolute atomic E-state index is 12.0. The summed E-state index contributed by atoms with van der Waals surface area (Å²) in [5, 5.41) is 3.88. The van der Waals surface area contributed by atoms with Crippen molar-refractivity contribution in [1.29, 1.82) is 0 Å². The average Bonchev–Trinajstić information content (AvgIpc) is 2.64. The van der Waals surface area contributed by atoms with Gasteiger partial charge in [-0.15, -0.1) is 0 Å². The Hall–Kier alpha value is -2.02. The molecule has 0 saturated heterocycles. The molecule has 3 N–H and O–H groups in total. The number of benzene rings is 1. The van der Waals surface area contributed by atoms with E-state index in [-0.39, 0.29) is 4.90 Å². The van der Waals surface area contributed by atoms with E-state index in [0.29, 0.717) is 11.5 Å². The van der Waals surface area contributed by atoms with E-state index in [4.69, 9.17) is 5.73 Å². The molecule has 1 aromatic carbocycles.